The summed E-state index contributed by atoms with van der Waals surface area (Å²) in [5, 5.41) is 25.5. The van der Waals surface area contributed by atoms with Gasteiger partial charge >= 0.3 is 0 Å². The van der Waals surface area contributed by atoms with Gasteiger partial charge in [-0.1, -0.05) is 61.9 Å². The van der Waals surface area contributed by atoms with Crippen LogP contribution in [0.5, 0.6) is 0 Å². The molecule has 0 bridgehead atoms. The van der Waals surface area contributed by atoms with Gasteiger partial charge in [0, 0.05) is 7.05 Å². The zero-order valence-corrected chi connectivity index (χ0v) is 13.6. The average Bonchev–Trinajstić information content (AvgIpc) is 2.87. The maximum atomic E-state index is 9.38. The van der Waals surface area contributed by atoms with Crippen LogP contribution in [0.1, 0.15) is 64.2 Å². The van der Waals surface area contributed by atoms with E-state index in [9.17, 15) is 5.21 Å². The van der Waals surface area contributed by atoms with E-state index in [0.717, 1.165) is 30.1 Å². The molecule has 1 aromatic heterocycles. The normalized spacial score (nSPS) is 24.4. The van der Waals surface area contributed by atoms with Gasteiger partial charge in [-0.15, -0.1) is 5.10 Å². The molecule has 0 amide bonds. The topological polar surface area (TPSA) is 76.2 Å². The number of aromatic nitrogens is 4. The number of nitrogens with zero attached hydrogens (tertiary/aromatic N) is 5. The molecule has 0 aliphatic heterocycles. The van der Waals surface area contributed by atoms with Crippen LogP contribution in [0.3, 0.4) is 0 Å². The molecule has 6 nitrogen and oxygen atoms in total. The van der Waals surface area contributed by atoms with Gasteiger partial charge in [-0.3, -0.25) is 0 Å². The fraction of sp³-hybridized carbons (Fsp3) is 0.857. The summed E-state index contributed by atoms with van der Waals surface area (Å²) in [5.74, 6) is 0. The average molecular weight is 311 g/mol. The largest absolute Gasteiger partial charge is 0.411 e. The highest BCUT2D eigenvalue weighted by Gasteiger charge is 2.21. The number of aryl methyl sites for hydroxylation is 1. The second kappa shape index (κ2) is 9.02. The van der Waals surface area contributed by atoms with Crippen molar-refractivity contribution in [2.45, 2.75) is 74.6 Å². The van der Waals surface area contributed by atoms with Crippen LogP contribution >= 0.6 is 11.8 Å². The van der Waals surface area contributed by atoms with Gasteiger partial charge in [-0.2, -0.15) is 0 Å². The quantitative estimate of drug-likeness (QED) is 0.669. The predicted molar refractivity (Wildman–Crippen MR) is 83.8 cm³/mol. The molecule has 0 saturated heterocycles. The van der Waals surface area contributed by atoms with Crippen LogP contribution < -0.4 is 0 Å². The molecular weight excluding hydrogens is 286 g/mol. The molecule has 0 aromatic carbocycles. The van der Waals surface area contributed by atoms with Crippen LogP contribution in [0.15, 0.2) is 10.3 Å². The van der Waals surface area contributed by atoms with Crippen LogP contribution in [0.2, 0.25) is 0 Å². The van der Waals surface area contributed by atoms with Crippen molar-refractivity contribution in [3.8, 4) is 0 Å². The van der Waals surface area contributed by atoms with Crippen molar-refractivity contribution < 1.29 is 5.21 Å². The number of rotatable bonds is 2. The Bertz CT molecular complexity index is 448. The summed E-state index contributed by atoms with van der Waals surface area (Å²) < 4.78 is 1.68. The Morgan fingerprint density at radius 3 is 2.38 bits per heavy atom. The Kier molecular flexibility index (Phi) is 6.99. The molecule has 1 heterocycles. The van der Waals surface area contributed by atoms with Gasteiger partial charge in [-0.25, -0.2) is 4.68 Å². The van der Waals surface area contributed by atoms with Crippen LogP contribution in [0, 0.1) is 0 Å². The number of hydrogen-bond acceptors (Lipinski definition) is 6. The number of tetrazole rings is 1. The van der Waals surface area contributed by atoms with Gasteiger partial charge in [0.25, 0.3) is 0 Å². The van der Waals surface area contributed by atoms with Crippen molar-refractivity contribution >= 4 is 17.5 Å². The lowest BCUT2D eigenvalue weighted by Crippen LogP contribution is -2.19. The summed E-state index contributed by atoms with van der Waals surface area (Å²) in [5.41, 5.74) is 0.892. The smallest absolute Gasteiger partial charge is 0.209 e. The van der Waals surface area contributed by atoms with Crippen molar-refractivity contribution in [3.63, 3.8) is 0 Å². The molecule has 7 heteroatoms. The SMILES string of the molecule is Cn1nnnc1SC1CCCCCCCCCCC1=NO. The van der Waals surface area contributed by atoms with E-state index in [0.29, 0.717) is 0 Å². The molecule has 1 unspecified atom stereocenters. The first-order valence-corrected chi connectivity index (χ1v) is 8.79. The van der Waals surface area contributed by atoms with E-state index >= 15 is 0 Å². The van der Waals surface area contributed by atoms with E-state index in [1.807, 2.05) is 7.05 Å². The molecule has 2 rings (SSSR count). The van der Waals surface area contributed by atoms with Crippen molar-refractivity contribution in [2.24, 2.45) is 12.2 Å². The predicted octanol–water partition coefficient (Wildman–Crippen LogP) is 3.42. The van der Waals surface area contributed by atoms with E-state index < -0.39 is 0 Å². The molecular formula is C14H25N5OS. The minimum Gasteiger partial charge on any atom is -0.411 e. The lowest BCUT2D eigenvalue weighted by molar-refractivity contribution is 0.315. The molecule has 1 aliphatic carbocycles. The van der Waals surface area contributed by atoms with E-state index in [1.165, 1.54) is 44.9 Å². The van der Waals surface area contributed by atoms with E-state index in [4.69, 9.17) is 0 Å². The van der Waals surface area contributed by atoms with E-state index in [2.05, 4.69) is 20.7 Å². The Morgan fingerprint density at radius 2 is 1.76 bits per heavy atom. The minimum absolute atomic E-state index is 0.180. The van der Waals surface area contributed by atoms with Gasteiger partial charge in [0.05, 0.1) is 11.0 Å². The van der Waals surface area contributed by atoms with E-state index in [-0.39, 0.29) is 5.25 Å². The Balaban J connectivity index is 2.01. The number of hydrogen-bond donors (Lipinski definition) is 1. The van der Waals surface area contributed by atoms with Gasteiger partial charge in [-0.05, 0) is 29.7 Å². The Morgan fingerprint density at radius 1 is 1.10 bits per heavy atom. The molecule has 1 N–H and O–H groups in total. The van der Waals surface area contributed by atoms with Gasteiger partial charge in [0.2, 0.25) is 5.16 Å². The molecule has 118 valence electrons. The molecule has 1 atom stereocenters. The monoisotopic (exact) mass is 311 g/mol. The summed E-state index contributed by atoms with van der Waals surface area (Å²) >= 11 is 1.62. The maximum Gasteiger partial charge on any atom is 0.209 e. The molecule has 21 heavy (non-hydrogen) atoms. The third-order valence-electron chi connectivity index (χ3n) is 3.98. The van der Waals surface area contributed by atoms with Crippen LogP contribution in [-0.2, 0) is 7.05 Å². The van der Waals surface area contributed by atoms with Gasteiger partial charge < -0.3 is 5.21 Å². The molecule has 1 aromatic rings. The fourth-order valence-electron chi connectivity index (χ4n) is 2.71. The van der Waals surface area contributed by atoms with Crippen molar-refractivity contribution in [1.82, 2.24) is 20.2 Å². The number of oxime groups is 1. The van der Waals surface area contributed by atoms with Crippen LogP contribution in [0.4, 0.5) is 0 Å². The molecule has 0 spiro atoms. The third-order valence-corrected chi connectivity index (χ3v) is 5.33. The lowest BCUT2D eigenvalue weighted by Gasteiger charge is -2.17. The second-order valence-electron chi connectivity index (χ2n) is 5.65. The fourth-order valence-corrected chi connectivity index (χ4v) is 3.83. The molecule has 0 radical (unpaired) electrons. The highest BCUT2D eigenvalue weighted by atomic mass is 32.2. The van der Waals surface area contributed by atoms with Crippen molar-refractivity contribution in [3.05, 3.63) is 0 Å². The first-order chi connectivity index (χ1) is 10.3. The summed E-state index contributed by atoms with van der Waals surface area (Å²) in [7, 11) is 1.84. The van der Waals surface area contributed by atoms with Crippen molar-refractivity contribution in [1.29, 1.82) is 0 Å². The summed E-state index contributed by atoms with van der Waals surface area (Å²) in [6.45, 7) is 0. The summed E-state index contributed by atoms with van der Waals surface area (Å²) in [4.78, 5) is 0. The Labute approximate surface area is 130 Å². The first-order valence-electron chi connectivity index (χ1n) is 7.91. The highest BCUT2D eigenvalue weighted by molar-refractivity contribution is 8.00. The van der Waals surface area contributed by atoms with Crippen LogP contribution in [0.25, 0.3) is 0 Å². The standard InChI is InChI=1S/C14H25N5OS/c1-19-14(15-17-18-19)21-13-11-9-7-5-3-2-4-6-8-10-12(13)16-20/h13,20H,2-11H2,1H3. The zero-order valence-electron chi connectivity index (χ0n) is 12.7. The number of thioether (sulfide) groups is 1. The minimum atomic E-state index is 0.180. The Hall–Kier alpha value is -1.11. The lowest BCUT2D eigenvalue weighted by atomic mass is 9.99. The zero-order chi connectivity index (χ0) is 14.9. The van der Waals surface area contributed by atoms with Gasteiger partial charge in [0.15, 0.2) is 0 Å². The van der Waals surface area contributed by atoms with Crippen LogP contribution in [-0.4, -0.2) is 36.4 Å². The maximum absolute atomic E-state index is 9.38. The highest BCUT2D eigenvalue weighted by Crippen LogP contribution is 2.28. The second-order valence-corrected chi connectivity index (χ2v) is 6.82. The van der Waals surface area contributed by atoms with E-state index in [1.54, 1.807) is 16.4 Å². The molecule has 1 aliphatic rings. The van der Waals surface area contributed by atoms with Gasteiger partial charge in [0.1, 0.15) is 0 Å². The van der Waals surface area contributed by atoms with Crippen molar-refractivity contribution in [2.75, 3.05) is 0 Å². The molecule has 1 saturated carbocycles. The first kappa shape index (κ1) is 16.3. The summed E-state index contributed by atoms with van der Waals surface area (Å²) in [6.07, 6.45) is 12.0. The molecule has 1 fully saturated rings. The third kappa shape index (κ3) is 5.30. The summed E-state index contributed by atoms with van der Waals surface area (Å²) in [6, 6.07) is 0.